The van der Waals surface area contributed by atoms with E-state index in [0.717, 1.165) is 11.3 Å². The van der Waals surface area contributed by atoms with E-state index in [4.69, 9.17) is 5.73 Å². The molecule has 0 aliphatic heterocycles. The van der Waals surface area contributed by atoms with E-state index >= 15 is 0 Å². The van der Waals surface area contributed by atoms with Gasteiger partial charge in [0, 0.05) is 24.6 Å². The molecule has 0 bridgehead atoms. The van der Waals surface area contributed by atoms with Crippen molar-refractivity contribution in [2.45, 2.75) is 13.0 Å². The summed E-state index contributed by atoms with van der Waals surface area (Å²) in [7, 11) is 0. The summed E-state index contributed by atoms with van der Waals surface area (Å²) in [5.41, 5.74) is 9.32. The molecule has 0 spiro atoms. The molecule has 1 heterocycles. The van der Waals surface area contributed by atoms with Gasteiger partial charge in [0.1, 0.15) is 0 Å². The minimum atomic E-state index is 0.124. The van der Waals surface area contributed by atoms with Gasteiger partial charge >= 0.3 is 0 Å². The van der Waals surface area contributed by atoms with Gasteiger partial charge in [-0.05, 0) is 36.2 Å². The molecule has 0 aliphatic rings. The topological polar surface area (TPSA) is 50.9 Å². The van der Waals surface area contributed by atoms with Crippen LogP contribution >= 0.6 is 0 Å². The van der Waals surface area contributed by atoms with E-state index in [9.17, 15) is 0 Å². The first kappa shape index (κ1) is 11.6. The van der Waals surface area contributed by atoms with E-state index in [1.165, 1.54) is 5.56 Å². The fraction of sp³-hybridized carbons (Fsp3) is 0.214. The van der Waals surface area contributed by atoms with E-state index in [1.54, 1.807) is 12.4 Å². The average Bonchev–Trinajstić information content (AvgIpc) is 2.39. The van der Waals surface area contributed by atoms with E-state index in [-0.39, 0.29) is 6.04 Å². The predicted molar refractivity (Wildman–Crippen MR) is 70.8 cm³/mol. The van der Waals surface area contributed by atoms with Crippen LogP contribution in [0.3, 0.4) is 0 Å². The zero-order chi connectivity index (χ0) is 12.1. The second kappa shape index (κ2) is 5.46. The summed E-state index contributed by atoms with van der Waals surface area (Å²) in [6.07, 6.45) is 3.58. The van der Waals surface area contributed by atoms with E-state index < -0.39 is 0 Å². The summed E-state index contributed by atoms with van der Waals surface area (Å²) in [4.78, 5) is 4.02. The van der Waals surface area contributed by atoms with Crippen molar-refractivity contribution in [3.8, 4) is 0 Å². The fourth-order valence-electron chi connectivity index (χ4n) is 1.80. The van der Waals surface area contributed by atoms with Crippen molar-refractivity contribution in [2.24, 2.45) is 5.73 Å². The van der Waals surface area contributed by atoms with Gasteiger partial charge in [-0.1, -0.05) is 18.2 Å². The molecule has 0 radical (unpaired) electrons. The molecular formula is C14H17N3. The van der Waals surface area contributed by atoms with Gasteiger partial charge in [-0.2, -0.15) is 0 Å². The van der Waals surface area contributed by atoms with Crippen LogP contribution in [0.2, 0.25) is 0 Å². The quantitative estimate of drug-likeness (QED) is 0.843. The Morgan fingerprint density at radius 3 is 2.53 bits per heavy atom. The Balaban J connectivity index is 2.19. The minimum absolute atomic E-state index is 0.124. The molecule has 3 N–H and O–H groups in total. The van der Waals surface area contributed by atoms with Gasteiger partial charge in [0.05, 0.1) is 6.04 Å². The van der Waals surface area contributed by atoms with Gasteiger partial charge in [-0.3, -0.25) is 4.98 Å². The van der Waals surface area contributed by atoms with Crippen molar-refractivity contribution in [2.75, 3.05) is 11.9 Å². The number of hydrogen-bond acceptors (Lipinski definition) is 3. The van der Waals surface area contributed by atoms with Crippen molar-refractivity contribution in [3.05, 3.63) is 59.9 Å². The van der Waals surface area contributed by atoms with Crippen LogP contribution in [-0.4, -0.2) is 11.5 Å². The number of hydrogen-bond donors (Lipinski definition) is 2. The number of nitrogens with zero attached hydrogens (tertiary/aromatic N) is 1. The van der Waals surface area contributed by atoms with Crippen LogP contribution in [0.1, 0.15) is 17.2 Å². The van der Waals surface area contributed by atoms with Gasteiger partial charge in [0.25, 0.3) is 0 Å². The normalized spacial score (nSPS) is 12.1. The van der Waals surface area contributed by atoms with Gasteiger partial charge in [0.2, 0.25) is 0 Å². The summed E-state index contributed by atoms with van der Waals surface area (Å²) in [6, 6.07) is 12.3. The highest BCUT2D eigenvalue weighted by molar-refractivity contribution is 5.51. The molecule has 88 valence electrons. The Morgan fingerprint density at radius 2 is 1.88 bits per heavy atom. The third-order valence-corrected chi connectivity index (χ3v) is 2.82. The van der Waals surface area contributed by atoms with E-state index in [1.807, 2.05) is 24.3 Å². The number of anilines is 1. The molecular weight excluding hydrogens is 210 g/mol. The smallest absolute Gasteiger partial charge is 0.0637 e. The molecule has 0 aliphatic carbocycles. The lowest BCUT2D eigenvalue weighted by Crippen LogP contribution is -2.20. The van der Waals surface area contributed by atoms with Crippen LogP contribution in [0.15, 0.2) is 48.8 Å². The van der Waals surface area contributed by atoms with Crippen LogP contribution < -0.4 is 11.1 Å². The number of pyridine rings is 1. The van der Waals surface area contributed by atoms with Crippen molar-refractivity contribution in [3.63, 3.8) is 0 Å². The van der Waals surface area contributed by atoms with E-state index in [2.05, 4.69) is 29.4 Å². The summed E-state index contributed by atoms with van der Waals surface area (Å²) >= 11 is 0. The Labute approximate surface area is 102 Å². The molecule has 0 amide bonds. The standard InChI is InChI=1S/C14H17N3/c1-11-4-2-3-5-13(11)17-14(10-15)12-6-8-16-9-7-12/h2-9,14,17H,10,15H2,1H3. The predicted octanol–water partition coefficient (Wildman–Crippen LogP) is 2.50. The lowest BCUT2D eigenvalue weighted by molar-refractivity contribution is 0.787. The molecule has 1 atom stereocenters. The van der Waals surface area contributed by atoms with Crippen molar-refractivity contribution >= 4 is 5.69 Å². The molecule has 1 aromatic heterocycles. The van der Waals surface area contributed by atoms with Gasteiger partial charge in [-0.25, -0.2) is 0 Å². The van der Waals surface area contributed by atoms with Crippen LogP contribution in [0, 0.1) is 6.92 Å². The zero-order valence-electron chi connectivity index (χ0n) is 9.93. The number of aryl methyl sites for hydroxylation is 1. The monoisotopic (exact) mass is 227 g/mol. The van der Waals surface area contributed by atoms with Crippen LogP contribution in [0.5, 0.6) is 0 Å². The summed E-state index contributed by atoms with van der Waals surface area (Å²) < 4.78 is 0. The second-order valence-electron chi connectivity index (χ2n) is 4.03. The molecule has 0 fully saturated rings. The summed E-state index contributed by atoms with van der Waals surface area (Å²) in [5.74, 6) is 0. The molecule has 1 aromatic carbocycles. The van der Waals surface area contributed by atoms with Gasteiger partial charge in [-0.15, -0.1) is 0 Å². The Kier molecular flexibility index (Phi) is 3.73. The number of nitrogens with two attached hydrogens (primary N) is 1. The molecule has 0 saturated heterocycles. The Bertz CT molecular complexity index is 468. The molecule has 3 heteroatoms. The summed E-state index contributed by atoms with van der Waals surface area (Å²) in [6.45, 7) is 2.64. The highest BCUT2D eigenvalue weighted by atomic mass is 14.9. The molecule has 2 aromatic rings. The van der Waals surface area contributed by atoms with Crippen LogP contribution in [0.25, 0.3) is 0 Å². The first-order valence-corrected chi connectivity index (χ1v) is 5.73. The highest BCUT2D eigenvalue weighted by Crippen LogP contribution is 2.20. The largest absolute Gasteiger partial charge is 0.377 e. The average molecular weight is 227 g/mol. The van der Waals surface area contributed by atoms with Crippen LogP contribution in [-0.2, 0) is 0 Å². The summed E-state index contributed by atoms with van der Waals surface area (Å²) in [5, 5.41) is 3.46. The fourth-order valence-corrected chi connectivity index (χ4v) is 1.80. The van der Waals surface area contributed by atoms with Crippen molar-refractivity contribution < 1.29 is 0 Å². The third-order valence-electron chi connectivity index (χ3n) is 2.82. The molecule has 2 rings (SSSR count). The molecule has 3 nitrogen and oxygen atoms in total. The Morgan fingerprint density at radius 1 is 1.18 bits per heavy atom. The minimum Gasteiger partial charge on any atom is -0.377 e. The first-order chi connectivity index (χ1) is 8.31. The van der Waals surface area contributed by atoms with Gasteiger partial charge in [0.15, 0.2) is 0 Å². The van der Waals surface area contributed by atoms with Gasteiger partial charge < -0.3 is 11.1 Å². The number of benzene rings is 1. The lowest BCUT2D eigenvalue weighted by atomic mass is 10.1. The number of rotatable bonds is 4. The highest BCUT2D eigenvalue weighted by Gasteiger charge is 2.09. The number of para-hydroxylation sites is 1. The SMILES string of the molecule is Cc1ccccc1NC(CN)c1ccncc1. The molecule has 17 heavy (non-hydrogen) atoms. The maximum absolute atomic E-state index is 5.82. The molecule has 1 unspecified atom stereocenters. The number of nitrogens with one attached hydrogen (secondary N) is 1. The second-order valence-corrected chi connectivity index (χ2v) is 4.03. The zero-order valence-corrected chi connectivity index (χ0v) is 9.93. The number of aromatic nitrogens is 1. The maximum atomic E-state index is 5.82. The van der Waals surface area contributed by atoms with Crippen LogP contribution in [0.4, 0.5) is 5.69 Å². The third kappa shape index (κ3) is 2.82. The Hall–Kier alpha value is -1.87. The van der Waals surface area contributed by atoms with Crippen molar-refractivity contribution in [1.82, 2.24) is 4.98 Å². The maximum Gasteiger partial charge on any atom is 0.0637 e. The van der Waals surface area contributed by atoms with E-state index in [0.29, 0.717) is 6.54 Å². The lowest BCUT2D eigenvalue weighted by Gasteiger charge is -2.19. The first-order valence-electron chi connectivity index (χ1n) is 5.73. The molecule has 0 saturated carbocycles. The van der Waals surface area contributed by atoms with Crippen molar-refractivity contribution in [1.29, 1.82) is 0 Å².